The van der Waals surface area contributed by atoms with Crippen molar-refractivity contribution in [3.63, 3.8) is 0 Å². The normalized spacial score (nSPS) is 17.6. The van der Waals surface area contributed by atoms with Crippen LogP contribution in [0.4, 0.5) is 11.6 Å². The standard InChI is InChI=1S/C21H26N8O/c1-16-14-18(29-21(25-16)23-15-24-29)26-10-12-27(13-11-26)19-17(6-5-7-22-19)20(30)28-8-3-2-4-9-28/h5-7,14-15H,2-4,8-13H2,1H3. The van der Waals surface area contributed by atoms with Crippen LogP contribution in [-0.4, -0.2) is 74.6 Å². The Labute approximate surface area is 175 Å². The molecule has 30 heavy (non-hydrogen) atoms. The van der Waals surface area contributed by atoms with Crippen LogP contribution in [-0.2, 0) is 0 Å². The fourth-order valence-corrected chi connectivity index (χ4v) is 4.37. The number of hydrogen-bond donors (Lipinski definition) is 0. The molecule has 2 aliphatic heterocycles. The molecule has 3 aromatic heterocycles. The van der Waals surface area contributed by atoms with Crippen LogP contribution >= 0.6 is 0 Å². The van der Waals surface area contributed by atoms with E-state index in [0.717, 1.165) is 69.4 Å². The van der Waals surface area contributed by atoms with Gasteiger partial charge < -0.3 is 14.7 Å². The number of rotatable bonds is 3. The van der Waals surface area contributed by atoms with Gasteiger partial charge in [0, 0.05) is 57.2 Å². The van der Waals surface area contributed by atoms with Gasteiger partial charge >= 0.3 is 0 Å². The first-order valence-electron chi connectivity index (χ1n) is 10.6. The highest BCUT2D eigenvalue weighted by molar-refractivity contribution is 5.99. The van der Waals surface area contributed by atoms with Crippen LogP contribution < -0.4 is 9.80 Å². The van der Waals surface area contributed by atoms with Gasteiger partial charge in [0.15, 0.2) is 0 Å². The molecule has 156 valence electrons. The van der Waals surface area contributed by atoms with E-state index >= 15 is 0 Å². The van der Waals surface area contributed by atoms with Crippen molar-refractivity contribution in [2.45, 2.75) is 26.2 Å². The number of anilines is 2. The van der Waals surface area contributed by atoms with Crippen LogP contribution in [0.3, 0.4) is 0 Å². The molecule has 9 heteroatoms. The van der Waals surface area contributed by atoms with Crippen molar-refractivity contribution in [2.75, 3.05) is 49.1 Å². The number of carbonyl (C=O) groups is 1. The second-order valence-corrected chi connectivity index (χ2v) is 7.93. The molecule has 0 aromatic carbocycles. The third kappa shape index (κ3) is 3.44. The predicted octanol–water partition coefficient (Wildman–Crippen LogP) is 1.78. The number of fused-ring (bicyclic) bond motifs is 1. The van der Waals surface area contributed by atoms with E-state index < -0.39 is 0 Å². The monoisotopic (exact) mass is 406 g/mol. The molecule has 0 aliphatic carbocycles. The van der Waals surface area contributed by atoms with Crippen molar-refractivity contribution in [2.24, 2.45) is 0 Å². The van der Waals surface area contributed by atoms with Gasteiger partial charge in [0.05, 0.1) is 5.56 Å². The minimum atomic E-state index is 0.106. The number of amides is 1. The average Bonchev–Trinajstić information content (AvgIpc) is 3.27. The summed E-state index contributed by atoms with van der Waals surface area (Å²) in [5.41, 5.74) is 1.64. The van der Waals surface area contributed by atoms with Crippen molar-refractivity contribution >= 4 is 23.3 Å². The lowest BCUT2D eigenvalue weighted by atomic mass is 10.1. The number of aromatic nitrogens is 5. The smallest absolute Gasteiger partial charge is 0.257 e. The quantitative estimate of drug-likeness (QED) is 0.656. The Balaban J connectivity index is 1.35. The molecule has 0 atom stereocenters. The molecule has 0 saturated carbocycles. The molecule has 5 rings (SSSR count). The van der Waals surface area contributed by atoms with Crippen molar-refractivity contribution in [1.82, 2.24) is 29.5 Å². The molecule has 2 aliphatic rings. The Kier molecular flexibility index (Phi) is 4.94. The lowest BCUT2D eigenvalue weighted by Crippen LogP contribution is -2.48. The maximum Gasteiger partial charge on any atom is 0.257 e. The van der Waals surface area contributed by atoms with Crippen LogP contribution in [0.5, 0.6) is 0 Å². The molecule has 0 spiro atoms. The molecular weight excluding hydrogens is 380 g/mol. The van der Waals surface area contributed by atoms with Crippen LogP contribution in [0.1, 0.15) is 35.3 Å². The second kappa shape index (κ2) is 7.89. The van der Waals surface area contributed by atoms with Gasteiger partial charge in [0.1, 0.15) is 18.0 Å². The van der Waals surface area contributed by atoms with E-state index in [1.165, 1.54) is 12.7 Å². The first-order chi connectivity index (χ1) is 14.7. The molecule has 0 unspecified atom stereocenters. The van der Waals surface area contributed by atoms with Gasteiger partial charge in [-0.2, -0.15) is 14.6 Å². The molecule has 0 N–H and O–H groups in total. The highest BCUT2D eigenvalue weighted by Crippen LogP contribution is 2.24. The lowest BCUT2D eigenvalue weighted by molar-refractivity contribution is 0.0724. The zero-order valence-electron chi connectivity index (χ0n) is 17.2. The SMILES string of the molecule is Cc1cc(N2CCN(c3ncccc3C(=O)N3CCCCC3)CC2)n2ncnc2n1. The largest absolute Gasteiger partial charge is 0.353 e. The summed E-state index contributed by atoms with van der Waals surface area (Å²) in [6.07, 6.45) is 6.69. The Morgan fingerprint density at radius 2 is 1.73 bits per heavy atom. The van der Waals surface area contributed by atoms with E-state index in [9.17, 15) is 4.79 Å². The van der Waals surface area contributed by atoms with E-state index in [1.54, 1.807) is 10.7 Å². The number of piperidine rings is 1. The van der Waals surface area contributed by atoms with Crippen molar-refractivity contribution in [3.8, 4) is 0 Å². The first-order valence-corrected chi connectivity index (χ1v) is 10.6. The minimum Gasteiger partial charge on any atom is -0.353 e. The summed E-state index contributed by atoms with van der Waals surface area (Å²) < 4.78 is 1.79. The summed E-state index contributed by atoms with van der Waals surface area (Å²) in [4.78, 5) is 32.9. The zero-order valence-corrected chi connectivity index (χ0v) is 17.2. The lowest BCUT2D eigenvalue weighted by Gasteiger charge is -2.37. The molecule has 3 aromatic rings. The van der Waals surface area contributed by atoms with E-state index in [1.807, 2.05) is 30.0 Å². The Morgan fingerprint density at radius 3 is 2.53 bits per heavy atom. The molecule has 2 saturated heterocycles. The number of likely N-dealkylation sites (tertiary alicyclic amines) is 1. The maximum atomic E-state index is 13.1. The third-order valence-electron chi connectivity index (χ3n) is 5.92. The van der Waals surface area contributed by atoms with Crippen molar-refractivity contribution < 1.29 is 4.79 Å². The van der Waals surface area contributed by atoms with Crippen LogP contribution in [0.2, 0.25) is 0 Å². The van der Waals surface area contributed by atoms with Crippen LogP contribution in [0.15, 0.2) is 30.7 Å². The number of nitrogens with zero attached hydrogens (tertiary/aromatic N) is 8. The summed E-state index contributed by atoms with van der Waals surface area (Å²) in [5.74, 6) is 2.52. The van der Waals surface area contributed by atoms with E-state index in [-0.39, 0.29) is 5.91 Å². The highest BCUT2D eigenvalue weighted by Gasteiger charge is 2.27. The maximum absolute atomic E-state index is 13.1. The second-order valence-electron chi connectivity index (χ2n) is 7.93. The average molecular weight is 406 g/mol. The molecule has 0 bridgehead atoms. The summed E-state index contributed by atoms with van der Waals surface area (Å²) >= 11 is 0. The molecule has 1 amide bonds. The third-order valence-corrected chi connectivity index (χ3v) is 5.92. The summed E-state index contributed by atoms with van der Waals surface area (Å²) in [6.45, 7) is 6.86. The number of aryl methyl sites for hydroxylation is 1. The van der Waals surface area contributed by atoms with Crippen LogP contribution in [0, 0.1) is 6.92 Å². The van der Waals surface area contributed by atoms with Crippen molar-refractivity contribution in [1.29, 1.82) is 0 Å². The fraction of sp³-hybridized carbons (Fsp3) is 0.476. The first kappa shape index (κ1) is 18.8. The van der Waals surface area contributed by atoms with Gasteiger partial charge in [-0.05, 0) is 38.3 Å². The zero-order chi connectivity index (χ0) is 20.5. The van der Waals surface area contributed by atoms with E-state index in [0.29, 0.717) is 11.3 Å². The van der Waals surface area contributed by atoms with Crippen LogP contribution in [0.25, 0.3) is 5.78 Å². The molecule has 5 heterocycles. The van der Waals surface area contributed by atoms with E-state index in [4.69, 9.17) is 0 Å². The minimum absolute atomic E-state index is 0.106. The topological polar surface area (TPSA) is 82.8 Å². The summed E-state index contributed by atoms with van der Waals surface area (Å²) in [6, 6.07) is 5.82. The predicted molar refractivity (Wildman–Crippen MR) is 114 cm³/mol. The van der Waals surface area contributed by atoms with Gasteiger partial charge in [-0.25, -0.2) is 9.97 Å². The molecule has 0 radical (unpaired) electrons. The van der Waals surface area contributed by atoms with Gasteiger partial charge in [0.25, 0.3) is 11.7 Å². The molecular formula is C21H26N8O. The Hall–Kier alpha value is -3.23. The van der Waals surface area contributed by atoms with E-state index in [2.05, 4.69) is 29.9 Å². The summed E-state index contributed by atoms with van der Waals surface area (Å²) in [5, 5.41) is 4.33. The Morgan fingerprint density at radius 1 is 0.967 bits per heavy atom. The van der Waals surface area contributed by atoms with Gasteiger partial charge in [-0.15, -0.1) is 0 Å². The van der Waals surface area contributed by atoms with Gasteiger partial charge in [-0.3, -0.25) is 4.79 Å². The Bertz CT molecular complexity index is 1050. The highest BCUT2D eigenvalue weighted by atomic mass is 16.2. The van der Waals surface area contributed by atoms with Gasteiger partial charge in [0.2, 0.25) is 0 Å². The van der Waals surface area contributed by atoms with Gasteiger partial charge in [-0.1, -0.05) is 0 Å². The number of pyridine rings is 1. The molecule has 9 nitrogen and oxygen atoms in total. The number of piperazine rings is 1. The van der Waals surface area contributed by atoms with Crippen molar-refractivity contribution in [3.05, 3.63) is 42.0 Å². The fourth-order valence-electron chi connectivity index (χ4n) is 4.37. The summed E-state index contributed by atoms with van der Waals surface area (Å²) in [7, 11) is 0. The molecule has 2 fully saturated rings. The number of carbonyl (C=O) groups excluding carboxylic acids is 1. The number of hydrogen-bond acceptors (Lipinski definition) is 7.